The van der Waals surface area contributed by atoms with E-state index in [1.807, 2.05) is 13.8 Å². The Hall–Kier alpha value is -2.04. The zero-order valence-corrected chi connectivity index (χ0v) is 17.3. The molecule has 3 aliphatic carbocycles. The first-order valence-corrected chi connectivity index (χ1v) is 10.3. The molecule has 0 spiro atoms. The van der Waals surface area contributed by atoms with Crippen LogP contribution in [-0.4, -0.2) is 27.9 Å². The van der Waals surface area contributed by atoms with Crippen LogP contribution in [-0.2, 0) is 6.42 Å². The number of phenolic OH excluding ortho intramolecular Hbond substituents is 2. The summed E-state index contributed by atoms with van der Waals surface area (Å²) in [6.45, 7) is 10.5. The number of Topliss-reactive ketones (excluding diaryl/α,β-unsaturated/α-hetero) is 1. The van der Waals surface area contributed by atoms with Crippen molar-refractivity contribution in [3.8, 4) is 17.2 Å². The smallest absolute Gasteiger partial charge is 0.170 e. The van der Waals surface area contributed by atoms with Gasteiger partial charge in [-0.3, -0.25) is 9.59 Å². The highest BCUT2D eigenvalue weighted by molar-refractivity contribution is 6.05. The molecule has 2 bridgehead atoms. The minimum absolute atomic E-state index is 0.0579. The van der Waals surface area contributed by atoms with Crippen molar-refractivity contribution < 1.29 is 24.5 Å². The van der Waals surface area contributed by atoms with Gasteiger partial charge in [-0.2, -0.15) is 0 Å². The van der Waals surface area contributed by atoms with Crippen LogP contribution in [0.4, 0.5) is 0 Å². The van der Waals surface area contributed by atoms with Crippen molar-refractivity contribution in [3.63, 3.8) is 0 Å². The van der Waals surface area contributed by atoms with Gasteiger partial charge in [0.1, 0.15) is 28.4 Å². The van der Waals surface area contributed by atoms with Crippen LogP contribution in [0, 0.1) is 29.1 Å². The maximum atomic E-state index is 13.0. The Bertz CT molecular complexity index is 868. The van der Waals surface area contributed by atoms with Crippen molar-refractivity contribution >= 4 is 12.1 Å². The summed E-state index contributed by atoms with van der Waals surface area (Å²) in [6.07, 6.45) is 3.33. The summed E-state index contributed by atoms with van der Waals surface area (Å²) in [4.78, 5) is 24.5. The second-order valence-corrected chi connectivity index (χ2v) is 10.2. The highest BCUT2D eigenvalue weighted by Crippen LogP contribution is 2.67. The third-order valence-corrected chi connectivity index (χ3v) is 7.84. The molecule has 1 heterocycles. The molecular weight excluding hydrogens is 356 g/mol. The highest BCUT2D eigenvalue weighted by atomic mass is 16.5. The van der Waals surface area contributed by atoms with Gasteiger partial charge in [-0.15, -0.1) is 0 Å². The van der Waals surface area contributed by atoms with Gasteiger partial charge in [0.05, 0.1) is 5.56 Å². The lowest BCUT2D eigenvalue weighted by molar-refractivity contribution is -0.217. The molecule has 3 saturated carbocycles. The van der Waals surface area contributed by atoms with E-state index in [2.05, 4.69) is 20.8 Å². The maximum absolute atomic E-state index is 13.0. The molecule has 5 heteroatoms. The van der Waals surface area contributed by atoms with E-state index in [-0.39, 0.29) is 52.1 Å². The van der Waals surface area contributed by atoms with E-state index in [1.165, 1.54) is 0 Å². The van der Waals surface area contributed by atoms with Gasteiger partial charge in [0, 0.05) is 23.8 Å². The van der Waals surface area contributed by atoms with Crippen LogP contribution in [0.1, 0.15) is 80.2 Å². The molecule has 1 aromatic rings. The van der Waals surface area contributed by atoms with Gasteiger partial charge in [-0.25, -0.2) is 0 Å². The van der Waals surface area contributed by atoms with Gasteiger partial charge in [0.25, 0.3) is 0 Å². The molecule has 28 heavy (non-hydrogen) atoms. The fraction of sp³-hybridized carbons (Fsp3) is 0.652. The Labute approximate surface area is 166 Å². The van der Waals surface area contributed by atoms with Crippen molar-refractivity contribution in [1.29, 1.82) is 0 Å². The van der Waals surface area contributed by atoms with E-state index >= 15 is 0 Å². The summed E-state index contributed by atoms with van der Waals surface area (Å²) in [5, 5.41) is 21.4. The van der Waals surface area contributed by atoms with Crippen molar-refractivity contribution in [2.24, 2.45) is 29.1 Å². The Morgan fingerprint density at radius 1 is 1.18 bits per heavy atom. The predicted octanol–water partition coefficient (Wildman–Crippen LogP) is 4.51. The summed E-state index contributed by atoms with van der Waals surface area (Å²) in [6, 6.07) is 0. The molecule has 0 aromatic heterocycles. The topological polar surface area (TPSA) is 83.8 Å². The predicted molar refractivity (Wildman–Crippen MR) is 105 cm³/mol. The minimum atomic E-state index is -0.458. The van der Waals surface area contributed by atoms with E-state index in [9.17, 15) is 19.8 Å². The second-order valence-electron chi connectivity index (χ2n) is 10.2. The largest absolute Gasteiger partial charge is 0.507 e. The molecule has 3 fully saturated rings. The molecule has 5 nitrogen and oxygen atoms in total. The van der Waals surface area contributed by atoms with E-state index in [4.69, 9.17) is 4.74 Å². The maximum Gasteiger partial charge on any atom is 0.170 e. The van der Waals surface area contributed by atoms with Crippen LogP contribution in [0.25, 0.3) is 0 Å². The number of ether oxygens (including phenoxy) is 1. The number of hydrogen-bond acceptors (Lipinski definition) is 5. The third kappa shape index (κ3) is 2.37. The molecule has 5 rings (SSSR count). The van der Waals surface area contributed by atoms with Gasteiger partial charge in [0.15, 0.2) is 12.1 Å². The van der Waals surface area contributed by atoms with Gasteiger partial charge < -0.3 is 14.9 Å². The van der Waals surface area contributed by atoms with Crippen LogP contribution in [0.2, 0.25) is 0 Å². The van der Waals surface area contributed by atoms with Crippen molar-refractivity contribution in [1.82, 2.24) is 0 Å². The van der Waals surface area contributed by atoms with Crippen LogP contribution in [0.3, 0.4) is 0 Å². The van der Waals surface area contributed by atoms with Gasteiger partial charge in [0.2, 0.25) is 0 Å². The number of ketones is 1. The molecule has 4 atom stereocenters. The first-order chi connectivity index (χ1) is 13.0. The van der Waals surface area contributed by atoms with Gasteiger partial charge in [-0.1, -0.05) is 27.7 Å². The minimum Gasteiger partial charge on any atom is -0.507 e. The Kier molecular flexibility index (Phi) is 4.12. The summed E-state index contributed by atoms with van der Waals surface area (Å²) in [5.74, 6) is 0.641. The number of carbonyl (C=O) groups is 2. The normalized spacial score (nSPS) is 32.0. The average Bonchev–Trinajstić information content (AvgIpc) is 2.59. The quantitative estimate of drug-likeness (QED) is 0.587. The molecule has 4 aliphatic rings. The van der Waals surface area contributed by atoms with Crippen LogP contribution < -0.4 is 4.74 Å². The molecule has 1 aliphatic heterocycles. The number of aldehydes is 1. The Morgan fingerprint density at radius 3 is 2.43 bits per heavy atom. The van der Waals surface area contributed by atoms with E-state index in [0.717, 1.165) is 12.8 Å². The number of fused-ring (bicyclic) bond motifs is 1. The average molecular weight is 386 g/mol. The first-order valence-electron chi connectivity index (χ1n) is 10.3. The number of rotatable bonds is 4. The lowest BCUT2D eigenvalue weighted by Crippen LogP contribution is -2.67. The molecule has 152 valence electrons. The Morgan fingerprint density at radius 2 is 1.86 bits per heavy atom. The zero-order chi connectivity index (χ0) is 20.6. The molecular formula is C23H30O5. The van der Waals surface area contributed by atoms with Crippen molar-refractivity contribution in [2.45, 2.75) is 65.9 Å². The fourth-order valence-corrected chi connectivity index (χ4v) is 6.08. The summed E-state index contributed by atoms with van der Waals surface area (Å²) in [5.41, 5.74) is 0.0765. The summed E-state index contributed by atoms with van der Waals surface area (Å²) >= 11 is 0. The lowest BCUT2D eigenvalue weighted by Gasteiger charge is -2.67. The number of phenols is 2. The number of hydrogen-bond donors (Lipinski definition) is 2. The van der Waals surface area contributed by atoms with Crippen LogP contribution >= 0.6 is 0 Å². The second kappa shape index (κ2) is 5.98. The lowest BCUT2D eigenvalue weighted by atomic mass is 9.41. The van der Waals surface area contributed by atoms with Crippen LogP contribution in [0.15, 0.2) is 0 Å². The van der Waals surface area contributed by atoms with Crippen LogP contribution in [0.5, 0.6) is 17.2 Å². The van der Waals surface area contributed by atoms with E-state index in [0.29, 0.717) is 30.1 Å². The van der Waals surface area contributed by atoms with Gasteiger partial charge in [-0.05, 0) is 43.4 Å². The van der Waals surface area contributed by atoms with Crippen molar-refractivity contribution in [3.05, 3.63) is 16.7 Å². The molecule has 2 N–H and O–H groups in total. The standard InChI is InChI=1S/C23H30O5/c1-11(2)6-16(25)18-20(27)15(10-24)19(26)14-8-13-7-12-9-17(22(12,3)4)23(13,5)28-21(14)18/h10-13,17,26-27H,6-9H2,1-5H3/t12-,13+,17+,23-/m1/s1. The third-order valence-electron chi connectivity index (χ3n) is 7.84. The molecule has 0 amide bonds. The Balaban J connectivity index is 1.88. The number of carbonyl (C=O) groups excluding carboxylic acids is 2. The monoisotopic (exact) mass is 386 g/mol. The van der Waals surface area contributed by atoms with Gasteiger partial charge >= 0.3 is 0 Å². The SMILES string of the molecule is CC(C)CC(=O)c1c(O)c(C=O)c(O)c2c1O[C@]1(C)[C@H](C2)C[C@@H]2C[C@H]1C2(C)C. The first kappa shape index (κ1) is 19.3. The zero-order valence-electron chi connectivity index (χ0n) is 17.3. The fourth-order valence-electron chi connectivity index (χ4n) is 6.08. The molecule has 0 saturated heterocycles. The number of benzene rings is 1. The number of aromatic hydroxyl groups is 2. The van der Waals surface area contributed by atoms with Crippen molar-refractivity contribution in [2.75, 3.05) is 0 Å². The summed E-state index contributed by atoms with van der Waals surface area (Å²) < 4.78 is 6.55. The summed E-state index contributed by atoms with van der Waals surface area (Å²) in [7, 11) is 0. The highest BCUT2D eigenvalue weighted by Gasteiger charge is 2.66. The van der Waals surface area contributed by atoms with E-state index in [1.54, 1.807) is 0 Å². The molecule has 0 radical (unpaired) electrons. The molecule has 1 aromatic carbocycles. The van der Waals surface area contributed by atoms with E-state index < -0.39 is 11.4 Å². The molecule has 0 unspecified atom stereocenters.